The van der Waals surface area contributed by atoms with E-state index in [-0.39, 0.29) is 0 Å². The number of aliphatic hydroxyl groups excluding tert-OH is 1. The molecule has 0 rings (SSSR count). The van der Waals surface area contributed by atoms with E-state index < -0.39 is 0 Å². The molecule has 1 N–H and O–H groups in total. The summed E-state index contributed by atoms with van der Waals surface area (Å²) in [5, 5.41) is 8.24. The number of rotatable bonds is 3. The zero-order valence-electron chi connectivity index (χ0n) is 4.97. The van der Waals surface area contributed by atoms with Crippen molar-refractivity contribution in [2.45, 2.75) is 13.3 Å². The highest BCUT2D eigenvalue weighted by molar-refractivity contribution is 6.17. The van der Waals surface area contributed by atoms with Crippen LogP contribution in [0.15, 0.2) is 12.3 Å². The van der Waals surface area contributed by atoms with Crippen LogP contribution in [-0.2, 0) is 0 Å². The van der Waals surface area contributed by atoms with E-state index in [0.29, 0.717) is 11.8 Å². The van der Waals surface area contributed by atoms with Gasteiger partial charge in [-0.3, -0.25) is 0 Å². The maximum absolute atomic E-state index is 8.24. The molecule has 0 radical (unpaired) electrons. The van der Waals surface area contributed by atoms with Crippen LogP contribution in [0, 0.1) is 5.92 Å². The van der Waals surface area contributed by atoms with Gasteiger partial charge in [0.15, 0.2) is 0 Å². The third kappa shape index (κ3) is 4.00. The van der Waals surface area contributed by atoms with Gasteiger partial charge < -0.3 is 5.11 Å². The van der Waals surface area contributed by atoms with Gasteiger partial charge in [-0.15, -0.1) is 11.6 Å². The summed E-state index contributed by atoms with van der Waals surface area (Å²) in [4.78, 5) is 0. The van der Waals surface area contributed by atoms with Gasteiger partial charge in [0.2, 0.25) is 0 Å². The number of allylic oxidation sites excluding steroid dienone is 1. The zero-order chi connectivity index (χ0) is 6.41. The summed E-state index contributed by atoms with van der Waals surface area (Å²) < 4.78 is 0. The summed E-state index contributed by atoms with van der Waals surface area (Å²) in [5.41, 5.74) is 0. The van der Waals surface area contributed by atoms with Gasteiger partial charge in [0, 0.05) is 5.88 Å². The summed E-state index contributed by atoms with van der Waals surface area (Å²) in [7, 11) is 0. The summed E-state index contributed by atoms with van der Waals surface area (Å²) in [6.07, 6.45) is 3.72. The molecule has 1 unspecified atom stereocenters. The van der Waals surface area contributed by atoms with Crippen LogP contribution in [0.2, 0.25) is 0 Å². The average Bonchev–Trinajstić information content (AvgIpc) is 1.68. The number of halogens is 1. The molecule has 0 saturated carbocycles. The lowest BCUT2D eigenvalue weighted by Crippen LogP contribution is -1.88. The summed E-state index contributed by atoms with van der Waals surface area (Å²) in [6.45, 7) is 2.01. The molecule has 0 aliphatic carbocycles. The molecule has 0 aromatic rings. The molecule has 0 aliphatic rings. The summed E-state index contributed by atoms with van der Waals surface area (Å²) in [5.74, 6) is 1.06. The molecule has 1 atom stereocenters. The molecule has 0 saturated heterocycles. The van der Waals surface area contributed by atoms with Crippen molar-refractivity contribution < 1.29 is 5.11 Å². The van der Waals surface area contributed by atoms with E-state index in [2.05, 4.69) is 0 Å². The molecule has 0 fully saturated rings. The minimum absolute atomic E-state index is 0.400. The predicted octanol–water partition coefficient (Wildman–Crippen LogP) is 2.32. The Labute approximate surface area is 55.0 Å². The van der Waals surface area contributed by atoms with Crippen molar-refractivity contribution >= 4 is 11.6 Å². The van der Waals surface area contributed by atoms with Crippen LogP contribution >= 0.6 is 11.6 Å². The second kappa shape index (κ2) is 4.98. The Morgan fingerprint density at radius 2 is 2.38 bits per heavy atom. The Bertz CT molecular complexity index is 70.9. The molecule has 0 heterocycles. The van der Waals surface area contributed by atoms with Gasteiger partial charge in [-0.1, -0.05) is 6.92 Å². The standard InChI is InChI=1S/C6H11ClO/c1-6(2-4-7)3-5-8/h3,5-6,8H,2,4H2,1H3. The van der Waals surface area contributed by atoms with E-state index in [9.17, 15) is 0 Å². The highest BCUT2D eigenvalue weighted by Gasteiger charge is 1.92. The van der Waals surface area contributed by atoms with Crippen LogP contribution in [0.25, 0.3) is 0 Å². The second-order valence-corrected chi connectivity index (χ2v) is 2.17. The molecule has 0 aliphatic heterocycles. The van der Waals surface area contributed by atoms with Crippen LogP contribution < -0.4 is 0 Å². The molecule has 8 heavy (non-hydrogen) atoms. The molecule has 1 nitrogen and oxygen atoms in total. The molecule has 0 aromatic carbocycles. The van der Waals surface area contributed by atoms with Crippen molar-refractivity contribution in [2.24, 2.45) is 5.92 Å². The Kier molecular flexibility index (Phi) is 4.87. The van der Waals surface area contributed by atoms with E-state index in [1.54, 1.807) is 6.08 Å². The maximum atomic E-state index is 8.24. The third-order valence-electron chi connectivity index (χ3n) is 0.979. The Balaban J connectivity index is 3.17. The number of hydrogen-bond donors (Lipinski definition) is 1. The van der Waals surface area contributed by atoms with Gasteiger partial charge in [-0.2, -0.15) is 0 Å². The molecule has 2 heteroatoms. The molecule has 0 bridgehead atoms. The Morgan fingerprint density at radius 3 is 2.75 bits per heavy atom. The van der Waals surface area contributed by atoms with Crippen molar-refractivity contribution in [3.63, 3.8) is 0 Å². The first-order chi connectivity index (χ1) is 3.81. The van der Waals surface area contributed by atoms with Crippen molar-refractivity contribution in [1.29, 1.82) is 0 Å². The van der Waals surface area contributed by atoms with Gasteiger partial charge in [-0.05, 0) is 18.4 Å². The topological polar surface area (TPSA) is 20.2 Å². The van der Waals surface area contributed by atoms with E-state index in [0.717, 1.165) is 12.7 Å². The first kappa shape index (κ1) is 7.83. The fourth-order valence-corrected chi connectivity index (χ4v) is 0.759. The van der Waals surface area contributed by atoms with Crippen LogP contribution in [-0.4, -0.2) is 11.0 Å². The quantitative estimate of drug-likeness (QED) is 0.464. The monoisotopic (exact) mass is 134 g/mol. The average molecular weight is 135 g/mol. The minimum Gasteiger partial charge on any atom is -0.516 e. The first-order valence-electron chi connectivity index (χ1n) is 2.68. The molecule has 0 amide bonds. The highest BCUT2D eigenvalue weighted by atomic mass is 35.5. The zero-order valence-corrected chi connectivity index (χ0v) is 5.73. The van der Waals surface area contributed by atoms with Gasteiger partial charge in [-0.25, -0.2) is 0 Å². The van der Waals surface area contributed by atoms with Crippen LogP contribution in [0.3, 0.4) is 0 Å². The highest BCUT2D eigenvalue weighted by Crippen LogP contribution is 2.03. The second-order valence-electron chi connectivity index (χ2n) is 1.80. The van der Waals surface area contributed by atoms with Crippen molar-refractivity contribution in [1.82, 2.24) is 0 Å². The van der Waals surface area contributed by atoms with Gasteiger partial charge >= 0.3 is 0 Å². The summed E-state index contributed by atoms with van der Waals surface area (Å²) in [6, 6.07) is 0. The van der Waals surface area contributed by atoms with E-state index in [1.807, 2.05) is 6.92 Å². The molecule has 48 valence electrons. The lowest BCUT2D eigenvalue weighted by molar-refractivity contribution is 0.464. The van der Waals surface area contributed by atoms with Crippen LogP contribution in [0.1, 0.15) is 13.3 Å². The Hall–Kier alpha value is -0.170. The van der Waals surface area contributed by atoms with E-state index >= 15 is 0 Å². The molecule has 0 aromatic heterocycles. The number of alkyl halides is 1. The normalized spacial score (nSPS) is 14.8. The fraction of sp³-hybridized carbons (Fsp3) is 0.667. The third-order valence-corrected chi connectivity index (χ3v) is 1.20. The lowest BCUT2D eigenvalue weighted by atomic mass is 10.1. The van der Waals surface area contributed by atoms with Gasteiger partial charge in [0.25, 0.3) is 0 Å². The van der Waals surface area contributed by atoms with Gasteiger partial charge in [0.05, 0.1) is 6.26 Å². The van der Waals surface area contributed by atoms with Crippen molar-refractivity contribution in [3.05, 3.63) is 12.3 Å². The number of hydrogen-bond acceptors (Lipinski definition) is 1. The van der Waals surface area contributed by atoms with Crippen molar-refractivity contribution in [3.8, 4) is 0 Å². The van der Waals surface area contributed by atoms with E-state index in [1.165, 1.54) is 0 Å². The van der Waals surface area contributed by atoms with Gasteiger partial charge in [0.1, 0.15) is 0 Å². The SMILES string of the molecule is CC(C=CO)CCCl. The van der Waals surface area contributed by atoms with Crippen LogP contribution in [0.5, 0.6) is 0 Å². The van der Waals surface area contributed by atoms with Crippen molar-refractivity contribution in [2.75, 3.05) is 5.88 Å². The Morgan fingerprint density at radius 1 is 1.75 bits per heavy atom. The molecular weight excluding hydrogens is 124 g/mol. The lowest BCUT2D eigenvalue weighted by Gasteiger charge is -1.98. The molecular formula is C6H11ClO. The van der Waals surface area contributed by atoms with E-state index in [4.69, 9.17) is 16.7 Å². The minimum atomic E-state index is 0.400. The first-order valence-corrected chi connectivity index (χ1v) is 3.21. The smallest absolute Gasteiger partial charge is 0.0754 e. The fourth-order valence-electron chi connectivity index (χ4n) is 0.415. The predicted molar refractivity (Wildman–Crippen MR) is 36.3 cm³/mol. The molecule has 0 spiro atoms. The number of aliphatic hydroxyl groups is 1. The maximum Gasteiger partial charge on any atom is 0.0754 e. The summed E-state index contributed by atoms with van der Waals surface area (Å²) >= 11 is 5.42. The van der Waals surface area contributed by atoms with Crippen LogP contribution in [0.4, 0.5) is 0 Å². The largest absolute Gasteiger partial charge is 0.516 e.